The number of hydrogen-bond acceptors (Lipinski definition) is 0. The van der Waals surface area contributed by atoms with Gasteiger partial charge in [0.15, 0.2) is 0 Å². The van der Waals surface area contributed by atoms with Gasteiger partial charge in [0.2, 0.25) is 0 Å². The minimum absolute atomic E-state index is 0. The van der Waals surface area contributed by atoms with Gasteiger partial charge in [0.05, 0.1) is 0 Å². The predicted octanol–water partition coefficient (Wildman–Crippen LogP) is 10.2. The van der Waals surface area contributed by atoms with Crippen LogP contribution in [0.2, 0.25) is 0 Å². The van der Waals surface area contributed by atoms with E-state index in [2.05, 4.69) is 153 Å². The Balaban J connectivity index is 0.000000762. The zero-order valence-corrected chi connectivity index (χ0v) is 32.3. The molecule has 1 unspecified atom stereocenters. The van der Waals surface area contributed by atoms with Crippen molar-refractivity contribution in [1.29, 1.82) is 0 Å². The van der Waals surface area contributed by atoms with Crippen LogP contribution in [-0.4, -0.2) is 0 Å². The Kier molecular flexibility index (Phi) is 12.8. The Bertz CT molecular complexity index is 1710. The summed E-state index contributed by atoms with van der Waals surface area (Å²) in [5, 5.41) is 7.35. The molecule has 0 fully saturated rings. The van der Waals surface area contributed by atoms with E-state index in [-0.39, 0.29) is 17.1 Å². The van der Waals surface area contributed by atoms with Crippen LogP contribution in [0.25, 0.3) is 0 Å². The van der Waals surface area contributed by atoms with E-state index >= 15 is 0 Å². The van der Waals surface area contributed by atoms with Gasteiger partial charge < -0.3 is 0 Å². The summed E-state index contributed by atoms with van der Waals surface area (Å²) in [5.74, 6) is 0. The molecule has 6 rings (SSSR count). The zero-order valence-electron chi connectivity index (χ0n) is 29.4. The minimum atomic E-state index is -0.704. The third kappa shape index (κ3) is 9.32. The third-order valence-corrected chi connectivity index (χ3v) is 13.5. The first-order chi connectivity index (χ1) is 22.0. The molecule has 242 valence electrons. The van der Waals surface area contributed by atoms with Gasteiger partial charge in [-0.05, 0) is 98.1 Å². The Hall–Kier alpha value is -3.04. The predicted molar refractivity (Wildman–Crippen MR) is 208 cm³/mol. The fourth-order valence-corrected chi connectivity index (χ4v) is 12.9. The second-order valence-electron chi connectivity index (χ2n) is 13.1. The van der Waals surface area contributed by atoms with Crippen LogP contribution < -0.4 is 26.5 Å². The van der Waals surface area contributed by atoms with E-state index in [1.165, 1.54) is 76.6 Å². The topological polar surface area (TPSA) is 0 Å². The summed E-state index contributed by atoms with van der Waals surface area (Å²) in [5.41, 5.74) is 12.6. The van der Waals surface area contributed by atoms with E-state index in [0.29, 0.717) is 5.66 Å². The molecule has 0 saturated carbocycles. The number of benzene rings is 4. The van der Waals surface area contributed by atoms with Gasteiger partial charge in [-0.2, -0.15) is 35.9 Å². The Labute approximate surface area is 297 Å². The summed E-state index contributed by atoms with van der Waals surface area (Å²) in [4.78, 5) is 0. The van der Waals surface area contributed by atoms with Crippen LogP contribution in [0.5, 0.6) is 0 Å². The molecule has 3 heteroatoms. The molecule has 6 aromatic rings. The maximum atomic E-state index is 2.48. The molecule has 0 aliphatic carbocycles. The van der Waals surface area contributed by atoms with Crippen molar-refractivity contribution in [3.63, 3.8) is 0 Å². The van der Waals surface area contributed by atoms with E-state index in [9.17, 15) is 0 Å². The van der Waals surface area contributed by atoms with Crippen molar-refractivity contribution in [1.82, 2.24) is 0 Å². The second-order valence-corrected chi connectivity index (χ2v) is 17.8. The van der Waals surface area contributed by atoms with Crippen molar-refractivity contribution in [2.45, 2.75) is 68.0 Å². The maximum absolute atomic E-state index is 2.48. The second kappa shape index (κ2) is 16.4. The Morgan fingerprint density at radius 3 is 1.13 bits per heavy atom. The molecule has 0 bridgehead atoms. The van der Waals surface area contributed by atoms with Gasteiger partial charge in [0, 0.05) is 0 Å². The van der Waals surface area contributed by atoms with Gasteiger partial charge in [0.25, 0.3) is 0 Å². The van der Waals surface area contributed by atoms with Crippen LogP contribution in [0.3, 0.4) is 0 Å². The molecule has 0 aromatic heterocycles. The molecule has 6 aromatic carbocycles. The molecule has 0 aliphatic heterocycles. The van der Waals surface area contributed by atoms with Crippen LogP contribution >= 0.6 is 15.8 Å². The SMILES string of the molecule is Cc1cc(C)cc(P(c2cc(C)cc(C)c2)c2[cH-]ccc2C(C)P(c2cc(C)cc(C)c2)c2cc(C)cc(C)c2)c1.[Fe+2].c1cc[cH-]c1. The molecule has 0 spiro atoms. The summed E-state index contributed by atoms with van der Waals surface area (Å²) in [6.07, 6.45) is 0. The Morgan fingerprint density at radius 2 is 0.809 bits per heavy atom. The van der Waals surface area contributed by atoms with Crippen LogP contribution in [0.4, 0.5) is 0 Å². The average molecular weight is 695 g/mol. The van der Waals surface area contributed by atoms with Crippen molar-refractivity contribution < 1.29 is 17.1 Å². The molecular formula is C44H48FeP2. The summed E-state index contributed by atoms with van der Waals surface area (Å²) < 4.78 is 0. The number of hydrogen-bond donors (Lipinski definition) is 0. The summed E-state index contributed by atoms with van der Waals surface area (Å²) in [6.45, 7) is 20.4. The molecule has 0 radical (unpaired) electrons. The third-order valence-electron chi connectivity index (χ3n) is 8.36. The molecule has 1 atom stereocenters. The fraction of sp³-hybridized carbons (Fsp3) is 0.227. The van der Waals surface area contributed by atoms with Gasteiger partial charge in [-0.15, -0.1) is 5.30 Å². The monoisotopic (exact) mass is 694 g/mol. The van der Waals surface area contributed by atoms with Gasteiger partial charge in [-0.1, -0.05) is 124 Å². The van der Waals surface area contributed by atoms with Crippen molar-refractivity contribution in [3.8, 4) is 0 Å². The fourth-order valence-electron chi connectivity index (χ4n) is 6.80. The molecule has 0 N–H and O–H groups in total. The van der Waals surface area contributed by atoms with Crippen LogP contribution in [0, 0.1) is 55.4 Å². The summed E-state index contributed by atoms with van der Waals surface area (Å²) >= 11 is 0. The standard InChI is InChI=1S/C39H43P2.C5H5.Fe/c1-25-13-26(2)18-34(17-25)40(35-19-27(3)14-28(4)20-35)33(9)38-11-10-12-39(38)41(36-21-29(5)15-30(6)22-36)37-23-31(7)16-32(8)24-37;1-2-4-5-3-1;/h10-24,33H,1-9H3;1-5H;/q2*-1;+2. The van der Waals surface area contributed by atoms with Crippen molar-refractivity contribution in [2.24, 2.45) is 0 Å². The van der Waals surface area contributed by atoms with E-state index in [4.69, 9.17) is 0 Å². The van der Waals surface area contributed by atoms with Gasteiger partial charge in [0.1, 0.15) is 0 Å². The average Bonchev–Trinajstić information content (AvgIpc) is 3.68. The maximum Gasteiger partial charge on any atom is 2.00 e. The van der Waals surface area contributed by atoms with Crippen molar-refractivity contribution >= 4 is 42.4 Å². The van der Waals surface area contributed by atoms with Crippen LogP contribution in [0.15, 0.2) is 121 Å². The molecule has 0 nitrogen and oxygen atoms in total. The first-order valence-electron chi connectivity index (χ1n) is 16.3. The molecule has 0 amide bonds. The molecule has 47 heavy (non-hydrogen) atoms. The van der Waals surface area contributed by atoms with Gasteiger partial charge >= 0.3 is 17.1 Å². The van der Waals surface area contributed by atoms with Crippen LogP contribution in [-0.2, 0) is 17.1 Å². The largest absolute Gasteiger partial charge is 2.00 e. The van der Waals surface area contributed by atoms with E-state index in [1.807, 2.05) is 30.3 Å². The van der Waals surface area contributed by atoms with E-state index in [0.717, 1.165) is 0 Å². The molecular weight excluding hydrogens is 646 g/mol. The van der Waals surface area contributed by atoms with E-state index in [1.54, 1.807) is 0 Å². The summed E-state index contributed by atoms with van der Waals surface area (Å²) in [7, 11) is -1.32. The normalized spacial score (nSPS) is 11.6. The minimum Gasteiger partial charge on any atom is -0.214 e. The van der Waals surface area contributed by atoms with Gasteiger partial charge in [-0.25, -0.2) is 18.2 Å². The Morgan fingerprint density at radius 1 is 0.468 bits per heavy atom. The van der Waals surface area contributed by atoms with E-state index < -0.39 is 15.8 Å². The smallest absolute Gasteiger partial charge is 0.214 e. The molecule has 0 aliphatic rings. The first kappa shape index (κ1) is 36.8. The van der Waals surface area contributed by atoms with Crippen molar-refractivity contribution in [2.75, 3.05) is 0 Å². The van der Waals surface area contributed by atoms with Crippen LogP contribution in [0.1, 0.15) is 62.7 Å². The number of rotatable bonds is 7. The molecule has 0 heterocycles. The molecule has 0 saturated heterocycles. The number of aryl methyl sites for hydroxylation is 8. The summed E-state index contributed by atoms with van der Waals surface area (Å²) in [6, 6.07) is 45.8. The zero-order chi connectivity index (χ0) is 33.0. The van der Waals surface area contributed by atoms with Crippen molar-refractivity contribution in [3.05, 3.63) is 171 Å². The quantitative estimate of drug-likeness (QED) is 0.0887. The first-order valence-corrected chi connectivity index (χ1v) is 19.1. The van der Waals surface area contributed by atoms with Gasteiger partial charge in [-0.3, -0.25) is 0 Å².